The van der Waals surface area contributed by atoms with Crippen LogP contribution in [-0.4, -0.2) is 37.5 Å². The van der Waals surface area contributed by atoms with Gasteiger partial charge in [-0.05, 0) is 24.1 Å². The Morgan fingerprint density at radius 2 is 1.94 bits per heavy atom. The predicted octanol–water partition coefficient (Wildman–Crippen LogP) is 3.92. The van der Waals surface area contributed by atoms with Gasteiger partial charge in [0.25, 0.3) is 5.91 Å². The number of benzene rings is 1. The van der Waals surface area contributed by atoms with Crippen LogP contribution in [0.4, 0.5) is 5.82 Å². The Balaban J connectivity index is 1.39. The number of carbonyl (C=O) groups excluding carboxylic acids is 1. The number of fused-ring (bicyclic) bond motifs is 3. The third kappa shape index (κ3) is 3.46. The standard InChI is InChI=1S/C23H21N7OS/c1-13-5-4-10-25-16(13)22(31)26-11-14-6-8-15(9-7-14)23-29-21-19(32-23)18-17(20(24-2)28-21)27-12-30(18)3/h4-10,12H,11H2,1-3H3,(H,24,28)(H,26,31). The molecule has 5 rings (SSSR count). The molecule has 160 valence electrons. The van der Waals surface area contributed by atoms with E-state index in [-0.39, 0.29) is 5.91 Å². The number of thiazole rings is 1. The number of hydrogen-bond acceptors (Lipinski definition) is 7. The Hall–Kier alpha value is -3.85. The Labute approximate surface area is 188 Å². The summed E-state index contributed by atoms with van der Waals surface area (Å²) in [5.74, 6) is 0.545. The van der Waals surface area contributed by atoms with Crippen LogP contribution in [0.1, 0.15) is 21.6 Å². The molecule has 32 heavy (non-hydrogen) atoms. The van der Waals surface area contributed by atoms with Crippen molar-refractivity contribution in [2.75, 3.05) is 12.4 Å². The summed E-state index contributed by atoms with van der Waals surface area (Å²) < 4.78 is 3.01. The van der Waals surface area contributed by atoms with Crippen molar-refractivity contribution in [2.24, 2.45) is 7.05 Å². The Morgan fingerprint density at radius 3 is 2.69 bits per heavy atom. The van der Waals surface area contributed by atoms with Gasteiger partial charge in [0.15, 0.2) is 11.5 Å². The molecule has 0 fully saturated rings. The fourth-order valence-corrected chi connectivity index (χ4v) is 4.72. The predicted molar refractivity (Wildman–Crippen MR) is 127 cm³/mol. The molecular formula is C23H21N7OS. The minimum Gasteiger partial charge on any atom is -0.371 e. The van der Waals surface area contributed by atoms with E-state index in [1.807, 2.05) is 62.0 Å². The molecule has 0 radical (unpaired) electrons. The molecular weight excluding hydrogens is 422 g/mol. The molecule has 0 aliphatic carbocycles. The zero-order valence-electron chi connectivity index (χ0n) is 17.9. The zero-order chi connectivity index (χ0) is 22.2. The van der Waals surface area contributed by atoms with Crippen molar-refractivity contribution in [2.45, 2.75) is 13.5 Å². The second kappa shape index (κ2) is 8.01. The molecule has 2 N–H and O–H groups in total. The quantitative estimate of drug-likeness (QED) is 0.427. The van der Waals surface area contributed by atoms with Gasteiger partial charge in [0.05, 0.1) is 11.8 Å². The van der Waals surface area contributed by atoms with Crippen molar-refractivity contribution in [3.8, 4) is 10.6 Å². The fraction of sp³-hybridized carbons (Fsp3) is 0.174. The van der Waals surface area contributed by atoms with Crippen molar-refractivity contribution < 1.29 is 4.79 Å². The van der Waals surface area contributed by atoms with Gasteiger partial charge in [0, 0.05) is 32.4 Å². The van der Waals surface area contributed by atoms with E-state index in [4.69, 9.17) is 4.98 Å². The molecule has 0 unspecified atom stereocenters. The molecule has 0 aliphatic heterocycles. The van der Waals surface area contributed by atoms with Crippen molar-refractivity contribution >= 4 is 44.4 Å². The van der Waals surface area contributed by atoms with Crippen LogP contribution in [0, 0.1) is 6.92 Å². The van der Waals surface area contributed by atoms with Gasteiger partial charge in [-0.25, -0.2) is 15.0 Å². The van der Waals surface area contributed by atoms with Gasteiger partial charge in [-0.1, -0.05) is 30.3 Å². The highest BCUT2D eigenvalue weighted by atomic mass is 32.1. The van der Waals surface area contributed by atoms with Gasteiger partial charge < -0.3 is 15.2 Å². The van der Waals surface area contributed by atoms with Crippen molar-refractivity contribution in [1.29, 1.82) is 0 Å². The summed E-state index contributed by atoms with van der Waals surface area (Å²) in [6.45, 7) is 2.31. The van der Waals surface area contributed by atoms with Crippen LogP contribution in [-0.2, 0) is 13.6 Å². The number of nitrogens with one attached hydrogen (secondary N) is 2. The maximum Gasteiger partial charge on any atom is 0.270 e. The Morgan fingerprint density at radius 1 is 1.12 bits per heavy atom. The Kier molecular flexibility index (Phi) is 5.02. The number of pyridine rings is 2. The molecule has 1 amide bonds. The summed E-state index contributed by atoms with van der Waals surface area (Å²) >= 11 is 1.60. The maximum atomic E-state index is 12.4. The number of nitrogens with zero attached hydrogens (tertiary/aromatic N) is 5. The molecule has 0 saturated carbocycles. The van der Waals surface area contributed by atoms with Gasteiger partial charge in [-0.15, -0.1) is 11.3 Å². The maximum absolute atomic E-state index is 12.4. The molecule has 0 aliphatic rings. The zero-order valence-corrected chi connectivity index (χ0v) is 18.7. The van der Waals surface area contributed by atoms with E-state index < -0.39 is 0 Å². The summed E-state index contributed by atoms with van der Waals surface area (Å²) in [7, 11) is 3.81. The average molecular weight is 444 g/mol. The molecule has 4 heterocycles. The topological polar surface area (TPSA) is 97.6 Å². The number of hydrogen-bond donors (Lipinski definition) is 2. The highest BCUT2D eigenvalue weighted by Crippen LogP contribution is 2.35. The van der Waals surface area contributed by atoms with Gasteiger partial charge in [0.1, 0.15) is 20.9 Å². The first-order valence-electron chi connectivity index (χ1n) is 10.1. The number of aromatic nitrogens is 5. The van der Waals surface area contributed by atoms with E-state index in [9.17, 15) is 4.79 Å². The fourth-order valence-electron chi connectivity index (χ4n) is 3.62. The largest absolute Gasteiger partial charge is 0.371 e. The highest BCUT2D eigenvalue weighted by molar-refractivity contribution is 7.22. The number of imidazole rings is 1. The number of aryl methyl sites for hydroxylation is 2. The van der Waals surface area contributed by atoms with Crippen LogP contribution in [0.2, 0.25) is 0 Å². The van der Waals surface area contributed by atoms with Gasteiger partial charge in [0.2, 0.25) is 0 Å². The smallest absolute Gasteiger partial charge is 0.270 e. The van der Waals surface area contributed by atoms with Crippen LogP contribution >= 0.6 is 11.3 Å². The van der Waals surface area contributed by atoms with Crippen molar-refractivity contribution in [1.82, 2.24) is 29.8 Å². The normalized spacial score (nSPS) is 11.2. The lowest BCUT2D eigenvalue weighted by molar-refractivity contribution is 0.0945. The molecule has 5 aromatic rings. The molecule has 0 atom stereocenters. The monoisotopic (exact) mass is 443 g/mol. The highest BCUT2D eigenvalue weighted by Gasteiger charge is 2.17. The third-order valence-electron chi connectivity index (χ3n) is 5.32. The lowest BCUT2D eigenvalue weighted by Crippen LogP contribution is -2.24. The van der Waals surface area contributed by atoms with Gasteiger partial charge >= 0.3 is 0 Å². The lowest BCUT2D eigenvalue weighted by atomic mass is 10.1. The SMILES string of the molecule is CNc1nc2nc(-c3ccc(CNC(=O)c4ncccc4C)cc3)sc2c2c1ncn2C. The van der Waals surface area contributed by atoms with Crippen LogP contribution in [0.3, 0.4) is 0 Å². The van der Waals surface area contributed by atoms with E-state index in [0.29, 0.717) is 17.9 Å². The Bertz CT molecular complexity index is 1450. The van der Waals surface area contributed by atoms with Crippen LogP contribution in [0.5, 0.6) is 0 Å². The molecule has 9 heteroatoms. The summed E-state index contributed by atoms with van der Waals surface area (Å²) in [6.07, 6.45) is 3.42. The first-order chi connectivity index (χ1) is 15.5. The third-order valence-corrected chi connectivity index (χ3v) is 6.42. The second-order valence-electron chi connectivity index (χ2n) is 7.48. The van der Waals surface area contributed by atoms with Crippen LogP contribution in [0.25, 0.3) is 32.0 Å². The number of amides is 1. The number of anilines is 1. The van der Waals surface area contributed by atoms with Crippen LogP contribution in [0.15, 0.2) is 48.9 Å². The average Bonchev–Trinajstić information content (AvgIpc) is 3.41. The van der Waals surface area contributed by atoms with E-state index in [1.54, 1.807) is 23.9 Å². The van der Waals surface area contributed by atoms with Crippen molar-refractivity contribution in [3.63, 3.8) is 0 Å². The summed E-state index contributed by atoms with van der Waals surface area (Å²) in [6, 6.07) is 11.7. The number of carbonyl (C=O) groups is 1. The van der Waals surface area contributed by atoms with Crippen molar-refractivity contribution in [3.05, 3.63) is 65.7 Å². The summed E-state index contributed by atoms with van der Waals surface area (Å²) in [5, 5.41) is 6.93. The minimum atomic E-state index is -0.176. The van der Waals surface area contributed by atoms with E-state index in [1.165, 1.54) is 0 Å². The lowest BCUT2D eigenvalue weighted by Gasteiger charge is -2.07. The van der Waals surface area contributed by atoms with E-state index in [2.05, 4.69) is 25.6 Å². The van der Waals surface area contributed by atoms with Crippen LogP contribution < -0.4 is 10.6 Å². The van der Waals surface area contributed by atoms with E-state index >= 15 is 0 Å². The molecule has 0 saturated heterocycles. The molecule has 0 bridgehead atoms. The first-order valence-corrected chi connectivity index (χ1v) is 10.9. The summed E-state index contributed by atoms with van der Waals surface area (Å²) in [4.78, 5) is 30.4. The van der Waals surface area contributed by atoms with Gasteiger partial charge in [-0.2, -0.15) is 0 Å². The first kappa shape index (κ1) is 20.1. The molecule has 0 spiro atoms. The second-order valence-corrected chi connectivity index (χ2v) is 8.48. The molecule has 1 aromatic carbocycles. The summed E-state index contributed by atoms with van der Waals surface area (Å²) in [5.41, 5.74) is 5.88. The molecule has 4 aromatic heterocycles. The molecule has 8 nitrogen and oxygen atoms in total. The van der Waals surface area contributed by atoms with E-state index in [0.717, 1.165) is 43.2 Å². The van der Waals surface area contributed by atoms with Gasteiger partial charge in [-0.3, -0.25) is 9.78 Å². The number of rotatable bonds is 5. The minimum absolute atomic E-state index is 0.176.